The molecule has 152 valence electrons. The van der Waals surface area contributed by atoms with Gasteiger partial charge in [-0.3, -0.25) is 14.5 Å². The van der Waals surface area contributed by atoms with Gasteiger partial charge in [0, 0.05) is 25.2 Å². The van der Waals surface area contributed by atoms with Crippen molar-refractivity contribution in [3.63, 3.8) is 0 Å². The fourth-order valence-corrected chi connectivity index (χ4v) is 3.61. The van der Waals surface area contributed by atoms with Crippen LogP contribution in [0.1, 0.15) is 35.4 Å². The summed E-state index contributed by atoms with van der Waals surface area (Å²) in [5.74, 6) is 0.423. The number of nitrogens with one attached hydrogen (secondary N) is 2. The summed E-state index contributed by atoms with van der Waals surface area (Å²) in [6, 6.07) is 6.08. The molecule has 1 aliphatic rings. The minimum Gasteiger partial charge on any atom is -0.469 e. The van der Waals surface area contributed by atoms with Crippen molar-refractivity contribution < 1.29 is 14.3 Å². The van der Waals surface area contributed by atoms with Crippen molar-refractivity contribution >= 4 is 22.9 Å². The van der Waals surface area contributed by atoms with Crippen LogP contribution in [0.25, 0.3) is 11.0 Å². The molecule has 0 radical (unpaired) electrons. The molecule has 0 aliphatic carbocycles. The molecule has 0 atom stereocenters. The van der Waals surface area contributed by atoms with E-state index in [1.165, 1.54) is 7.11 Å². The van der Waals surface area contributed by atoms with Gasteiger partial charge < -0.3 is 19.9 Å². The molecule has 1 aromatic heterocycles. The molecule has 8 heteroatoms. The third kappa shape index (κ3) is 4.69. The number of aryl methyl sites for hydroxylation is 1. The third-order valence-corrected chi connectivity index (χ3v) is 5.40. The predicted molar refractivity (Wildman–Crippen MR) is 107 cm³/mol. The first-order valence-electron chi connectivity index (χ1n) is 9.71. The summed E-state index contributed by atoms with van der Waals surface area (Å²) in [7, 11) is 5.49. The molecule has 2 aromatic rings. The number of carbonyl (C=O) groups excluding carboxylic acids is 2. The molecule has 1 fully saturated rings. The number of piperidine rings is 1. The summed E-state index contributed by atoms with van der Waals surface area (Å²) in [5, 5.41) is 6.13. The zero-order chi connectivity index (χ0) is 20.1. The number of hydrogen-bond acceptors (Lipinski definition) is 6. The van der Waals surface area contributed by atoms with Gasteiger partial charge in [-0.2, -0.15) is 0 Å². The third-order valence-electron chi connectivity index (χ3n) is 5.40. The molecule has 2 N–H and O–H groups in total. The molecule has 2 heterocycles. The average Bonchev–Trinajstić information content (AvgIpc) is 3.03. The van der Waals surface area contributed by atoms with Crippen molar-refractivity contribution in [3.8, 4) is 0 Å². The highest BCUT2D eigenvalue weighted by atomic mass is 16.5. The van der Waals surface area contributed by atoms with Crippen molar-refractivity contribution in [2.45, 2.75) is 31.8 Å². The second-order valence-electron chi connectivity index (χ2n) is 7.27. The van der Waals surface area contributed by atoms with Gasteiger partial charge in [-0.15, -0.1) is 0 Å². The topological polar surface area (TPSA) is 88.5 Å². The lowest BCUT2D eigenvalue weighted by Gasteiger charge is -2.31. The van der Waals surface area contributed by atoms with Gasteiger partial charge in [0.15, 0.2) is 0 Å². The molecular formula is C20H29N5O3. The van der Waals surface area contributed by atoms with Crippen LogP contribution in [0.5, 0.6) is 0 Å². The molecule has 0 unspecified atom stereocenters. The Balaban J connectivity index is 1.68. The zero-order valence-electron chi connectivity index (χ0n) is 16.8. The number of aromatic nitrogens is 2. The first-order valence-corrected chi connectivity index (χ1v) is 9.71. The standard InChI is InChI=1S/C20H29N5O3/c1-24(15-6-9-21-10-7-15)13-18-23-16-12-14(4-5-17(16)25(18)2)20(27)22-11-8-19(26)28-3/h4-5,12,15,21H,6-11,13H2,1-3H3,(H,22,27). The molecule has 0 saturated carbocycles. The first-order chi connectivity index (χ1) is 13.5. The van der Waals surface area contributed by atoms with E-state index < -0.39 is 0 Å². The highest BCUT2D eigenvalue weighted by Gasteiger charge is 2.20. The largest absolute Gasteiger partial charge is 0.469 e. The van der Waals surface area contributed by atoms with E-state index in [-0.39, 0.29) is 24.8 Å². The average molecular weight is 387 g/mol. The zero-order valence-corrected chi connectivity index (χ0v) is 16.8. The van der Waals surface area contributed by atoms with E-state index in [0.29, 0.717) is 11.6 Å². The highest BCUT2D eigenvalue weighted by molar-refractivity contribution is 5.97. The Bertz CT molecular complexity index is 842. The van der Waals surface area contributed by atoms with E-state index in [1.807, 2.05) is 13.1 Å². The highest BCUT2D eigenvalue weighted by Crippen LogP contribution is 2.19. The Labute approximate surface area is 165 Å². The Morgan fingerprint density at radius 1 is 1.36 bits per heavy atom. The summed E-state index contributed by atoms with van der Waals surface area (Å²) in [6.45, 7) is 3.15. The number of hydrogen-bond donors (Lipinski definition) is 2. The smallest absolute Gasteiger partial charge is 0.307 e. The number of fused-ring (bicyclic) bond motifs is 1. The van der Waals surface area contributed by atoms with Crippen LogP contribution in [-0.2, 0) is 23.1 Å². The van der Waals surface area contributed by atoms with Crippen LogP contribution in [0.15, 0.2) is 18.2 Å². The van der Waals surface area contributed by atoms with E-state index in [4.69, 9.17) is 4.98 Å². The van der Waals surface area contributed by atoms with Crippen LogP contribution in [0.3, 0.4) is 0 Å². The van der Waals surface area contributed by atoms with Crippen LogP contribution in [0.2, 0.25) is 0 Å². The van der Waals surface area contributed by atoms with Gasteiger partial charge in [0.05, 0.1) is 31.1 Å². The van der Waals surface area contributed by atoms with Gasteiger partial charge >= 0.3 is 5.97 Å². The lowest BCUT2D eigenvalue weighted by molar-refractivity contribution is -0.140. The Morgan fingerprint density at radius 2 is 2.11 bits per heavy atom. The Hall–Kier alpha value is -2.45. The van der Waals surface area contributed by atoms with Crippen LogP contribution in [-0.4, -0.2) is 66.2 Å². The van der Waals surface area contributed by atoms with Crippen LogP contribution >= 0.6 is 0 Å². The maximum absolute atomic E-state index is 12.3. The molecular weight excluding hydrogens is 358 g/mol. The van der Waals surface area contributed by atoms with E-state index in [9.17, 15) is 9.59 Å². The number of ether oxygens (including phenoxy) is 1. The summed E-state index contributed by atoms with van der Waals surface area (Å²) in [6.07, 6.45) is 2.45. The maximum atomic E-state index is 12.3. The van der Waals surface area contributed by atoms with Gasteiger partial charge in [0.2, 0.25) is 0 Å². The number of methoxy groups -OCH3 is 1. The Kier molecular flexibility index (Phi) is 6.64. The van der Waals surface area contributed by atoms with Crippen LogP contribution < -0.4 is 10.6 Å². The number of rotatable bonds is 7. The number of imidazole rings is 1. The maximum Gasteiger partial charge on any atom is 0.307 e. The lowest BCUT2D eigenvalue weighted by Crippen LogP contribution is -2.41. The minimum absolute atomic E-state index is 0.154. The molecule has 0 bridgehead atoms. The van der Waals surface area contributed by atoms with Crippen molar-refractivity contribution in [1.82, 2.24) is 25.1 Å². The lowest BCUT2D eigenvalue weighted by atomic mass is 10.1. The molecule has 8 nitrogen and oxygen atoms in total. The quantitative estimate of drug-likeness (QED) is 0.691. The van der Waals surface area contributed by atoms with E-state index in [2.05, 4.69) is 31.9 Å². The molecule has 1 aromatic carbocycles. The fraction of sp³-hybridized carbons (Fsp3) is 0.550. The van der Waals surface area contributed by atoms with Crippen molar-refractivity contribution in [2.75, 3.05) is 33.8 Å². The van der Waals surface area contributed by atoms with Crippen LogP contribution in [0, 0.1) is 0 Å². The second kappa shape index (κ2) is 9.16. The van der Waals surface area contributed by atoms with E-state index >= 15 is 0 Å². The molecule has 3 rings (SSSR count). The van der Waals surface area contributed by atoms with Gasteiger partial charge in [-0.05, 0) is 51.2 Å². The summed E-state index contributed by atoms with van der Waals surface area (Å²) in [4.78, 5) is 30.6. The molecule has 28 heavy (non-hydrogen) atoms. The van der Waals surface area contributed by atoms with Gasteiger partial charge in [-0.25, -0.2) is 4.98 Å². The van der Waals surface area contributed by atoms with Crippen molar-refractivity contribution in [2.24, 2.45) is 7.05 Å². The number of benzene rings is 1. The predicted octanol–water partition coefficient (Wildman–Crippen LogP) is 1.05. The first kappa shape index (κ1) is 20.3. The van der Waals surface area contributed by atoms with Gasteiger partial charge in [0.1, 0.15) is 5.82 Å². The fourth-order valence-electron chi connectivity index (χ4n) is 3.61. The summed E-state index contributed by atoms with van der Waals surface area (Å²) >= 11 is 0. The van der Waals surface area contributed by atoms with Gasteiger partial charge in [-0.1, -0.05) is 0 Å². The second-order valence-corrected chi connectivity index (χ2v) is 7.27. The monoisotopic (exact) mass is 387 g/mol. The van der Waals surface area contributed by atoms with Crippen molar-refractivity contribution in [1.29, 1.82) is 0 Å². The SMILES string of the molecule is COC(=O)CCNC(=O)c1ccc2c(c1)nc(CN(C)C1CCNCC1)n2C. The molecule has 1 aliphatic heterocycles. The molecule has 0 spiro atoms. The van der Waals surface area contributed by atoms with Crippen LogP contribution in [0.4, 0.5) is 0 Å². The summed E-state index contributed by atoms with van der Waals surface area (Å²) < 4.78 is 6.67. The number of amides is 1. The normalized spacial score (nSPS) is 15.1. The molecule has 1 saturated heterocycles. The number of nitrogens with zero attached hydrogens (tertiary/aromatic N) is 3. The summed E-state index contributed by atoms with van der Waals surface area (Å²) in [5.41, 5.74) is 2.34. The Morgan fingerprint density at radius 3 is 2.82 bits per heavy atom. The number of esters is 1. The van der Waals surface area contributed by atoms with Gasteiger partial charge in [0.25, 0.3) is 5.91 Å². The van der Waals surface area contributed by atoms with E-state index in [0.717, 1.165) is 49.3 Å². The number of carbonyl (C=O) groups is 2. The van der Waals surface area contributed by atoms with Crippen molar-refractivity contribution in [3.05, 3.63) is 29.6 Å². The molecule has 1 amide bonds. The van der Waals surface area contributed by atoms with E-state index in [1.54, 1.807) is 12.1 Å². The minimum atomic E-state index is -0.344.